The summed E-state index contributed by atoms with van der Waals surface area (Å²) in [6.45, 7) is 0.691. The number of phosphoric acid groups is 3. The van der Waals surface area contributed by atoms with Crippen molar-refractivity contribution in [3.63, 3.8) is 0 Å². The number of ether oxygens (including phenoxy) is 1. The van der Waals surface area contributed by atoms with E-state index in [1.54, 1.807) is 48.6 Å². The lowest BCUT2D eigenvalue weighted by Crippen LogP contribution is -2.46. The Kier molecular flexibility index (Phi) is 14.8. The van der Waals surface area contributed by atoms with Crippen LogP contribution in [0.15, 0.2) is 48.6 Å². The van der Waals surface area contributed by atoms with Crippen LogP contribution in [0.1, 0.15) is 50.0 Å². The summed E-state index contributed by atoms with van der Waals surface area (Å²) >= 11 is 3.97. The number of carbonyl (C=O) groups excluding carboxylic acids is 2. The van der Waals surface area contributed by atoms with Crippen molar-refractivity contribution >= 4 is 64.9 Å². The quantitative estimate of drug-likeness (QED) is 0.0647. The number of thiol groups is 1. The number of hydrogen-bond acceptors (Lipinski definition) is 17. The number of nitrogens with zero attached hydrogens (tertiary/aromatic N) is 4. The van der Waals surface area contributed by atoms with Gasteiger partial charge in [0.05, 0.1) is 25.0 Å². The Morgan fingerprint density at radius 2 is 1.59 bits per heavy atom. The minimum atomic E-state index is -5.61. The SMILES string of the molecule is CC(C)(COP(=O)(O)OP(=O)(O)OC[C@H]1O[C@@H](n2c(C3C=CC=C3)nc3c(N)nc(C4C=CC=C4)nc32)[C@H](O)[C@@H]1OP(=O)(O)O)[C@@H](O)C(=O)NCCC(=O)NCCS. The summed E-state index contributed by atoms with van der Waals surface area (Å²) in [7, 11) is -16.5. The molecule has 2 amide bonds. The van der Waals surface area contributed by atoms with Crippen LogP contribution in [0.4, 0.5) is 5.82 Å². The number of imidazole rings is 1. The molecule has 1 fully saturated rings. The van der Waals surface area contributed by atoms with Gasteiger partial charge in [-0.3, -0.25) is 27.7 Å². The predicted molar refractivity (Wildman–Crippen MR) is 206 cm³/mol. The van der Waals surface area contributed by atoms with Gasteiger partial charge in [-0.1, -0.05) is 62.5 Å². The number of rotatable bonds is 20. The molecule has 2 aromatic heterocycles. The van der Waals surface area contributed by atoms with Crippen LogP contribution in [-0.4, -0.2) is 118 Å². The first kappa shape index (κ1) is 45.9. The lowest BCUT2D eigenvalue weighted by molar-refractivity contribution is -0.137. The molecule has 58 heavy (non-hydrogen) atoms. The third-order valence-electron chi connectivity index (χ3n) is 8.81. The molecule has 27 heteroatoms. The van der Waals surface area contributed by atoms with Gasteiger partial charge < -0.3 is 50.9 Å². The molecule has 5 rings (SSSR count). The predicted octanol–water partition coefficient (Wildman–Crippen LogP) is 0.754. The van der Waals surface area contributed by atoms with E-state index in [1.165, 1.54) is 18.4 Å². The maximum Gasteiger partial charge on any atom is 0.481 e. The number of carbonyl (C=O) groups is 2. The number of nitrogens with one attached hydrogen (secondary N) is 2. The van der Waals surface area contributed by atoms with Gasteiger partial charge in [0, 0.05) is 30.7 Å². The molecule has 0 aromatic carbocycles. The fourth-order valence-electron chi connectivity index (χ4n) is 5.93. The molecule has 3 heterocycles. The summed E-state index contributed by atoms with van der Waals surface area (Å²) in [5.74, 6) is -1.36. The van der Waals surface area contributed by atoms with Crippen molar-refractivity contribution in [3.05, 3.63) is 60.3 Å². The lowest BCUT2D eigenvalue weighted by Gasteiger charge is -2.30. The molecule has 2 aromatic rings. The fourth-order valence-corrected chi connectivity index (χ4v) is 8.88. The van der Waals surface area contributed by atoms with Crippen molar-refractivity contribution in [2.45, 2.75) is 62.7 Å². The molecule has 0 spiro atoms. The molecular weight excluding hydrogens is 851 g/mol. The largest absolute Gasteiger partial charge is 0.481 e. The van der Waals surface area contributed by atoms with E-state index in [9.17, 15) is 53.1 Å². The van der Waals surface area contributed by atoms with Crippen molar-refractivity contribution in [1.82, 2.24) is 30.2 Å². The highest BCUT2D eigenvalue weighted by Gasteiger charge is 2.51. The first-order valence-electron chi connectivity index (χ1n) is 17.4. The first-order valence-corrected chi connectivity index (χ1v) is 22.6. The van der Waals surface area contributed by atoms with Crippen molar-refractivity contribution in [1.29, 1.82) is 0 Å². The van der Waals surface area contributed by atoms with Gasteiger partial charge in [0.15, 0.2) is 23.2 Å². The Hall–Kier alpha value is -3.15. The highest BCUT2D eigenvalue weighted by atomic mass is 32.1. The smallest absolute Gasteiger partial charge is 0.386 e. The fraction of sp³-hybridized carbons (Fsp3) is 0.516. The van der Waals surface area contributed by atoms with Crippen LogP contribution >= 0.6 is 36.1 Å². The number of aliphatic hydroxyl groups is 2. The summed E-state index contributed by atoms with van der Waals surface area (Å²) in [6.07, 6.45) is 4.89. The van der Waals surface area contributed by atoms with Crippen molar-refractivity contribution in [3.8, 4) is 0 Å². The number of aliphatic hydroxyl groups excluding tert-OH is 2. The minimum Gasteiger partial charge on any atom is -0.386 e. The van der Waals surface area contributed by atoms with Crippen LogP contribution in [0, 0.1) is 5.41 Å². The lowest BCUT2D eigenvalue weighted by atomic mass is 9.87. The average Bonchev–Trinajstić information content (AvgIpc) is 3.96. The third-order valence-corrected chi connectivity index (χ3v) is 12.1. The number of fused-ring (bicyclic) bond motifs is 1. The first-order chi connectivity index (χ1) is 27.1. The summed E-state index contributed by atoms with van der Waals surface area (Å²) < 4.78 is 64.0. The molecule has 2 unspecified atom stereocenters. The van der Waals surface area contributed by atoms with Gasteiger partial charge in [-0.25, -0.2) is 28.6 Å². The second-order valence-electron chi connectivity index (χ2n) is 13.8. The molecule has 10 N–H and O–H groups in total. The maximum absolute atomic E-state index is 12.9. The number of hydrogen-bond donors (Lipinski definition) is 10. The molecule has 2 aliphatic carbocycles. The van der Waals surface area contributed by atoms with Gasteiger partial charge in [-0.15, -0.1) is 0 Å². The van der Waals surface area contributed by atoms with Crippen LogP contribution in [0.5, 0.6) is 0 Å². The molecule has 1 aliphatic heterocycles. The standard InChI is InChI=1S/C31H44N7O16P3S/c1-31(2,24(41)29(42)34-12-11-20(39)33-13-14-58)16-51-57(48,49)54-56(46,47)50-15-19-23(53-55(43,44)45)22(40)30(52-19)38-27(18-9-5-6-10-18)35-21-25(32)36-26(37-28(21)38)17-7-3-4-8-17/h3-10,17-19,22-24,30,40-41,58H,11-16H2,1-2H3,(H,33,39)(H,34,42)(H,46,47)(H,48,49)(H2,32,36,37)(H2,43,44,45)/t19-,22-,23-,24+,30-/m1/s1. The molecule has 23 nitrogen and oxygen atoms in total. The Bertz CT molecular complexity index is 2100. The molecule has 7 atom stereocenters. The molecular formula is C31H44N7O16P3S. The Morgan fingerprint density at radius 1 is 0.966 bits per heavy atom. The second-order valence-corrected chi connectivity index (χ2v) is 18.5. The van der Waals surface area contributed by atoms with E-state index in [0.717, 1.165) is 0 Å². The van der Waals surface area contributed by atoms with Gasteiger partial charge >= 0.3 is 23.5 Å². The number of anilines is 1. The summed E-state index contributed by atoms with van der Waals surface area (Å²) in [4.78, 5) is 77.9. The number of nitrogens with two attached hydrogens (primary N) is 1. The van der Waals surface area contributed by atoms with E-state index in [-0.39, 0.29) is 53.4 Å². The van der Waals surface area contributed by atoms with Gasteiger partial charge in [-0.2, -0.15) is 16.9 Å². The van der Waals surface area contributed by atoms with Crippen LogP contribution in [0.3, 0.4) is 0 Å². The van der Waals surface area contributed by atoms with E-state index >= 15 is 0 Å². The Morgan fingerprint density at radius 3 is 2.21 bits per heavy atom. The van der Waals surface area contributed by atoms with Crippen LogP contribution < -0.4 is 16.4 Å². The molecule has 320 valence electrons. The third kappa shape index (κ3) is 11.6. The molecule has 1 saturated heterocycles. The van der Waals surface area contributed by atoms with E-state index < -0.39 is 84.6 Å². The Labute approximate surface area is 336 Å². The molecule has 3 aliphatic rings. The highest BCUT2D eigenvalue weighted by molar-refractivity contribution is 7.80. The Balaban J connectivity index is 1.29. The minimum absolute atomic E-state index is 0.0215. The monoisotopic (exact) mass is 895 g/mol. The van der Waals surface area contributed by atoms with Gasteiger partial charge in [0.2, 0.25) is 11.8 Å². The molecule has 0 bridgehead atoms. The zero-order valence-electron chi connectivity index (χ0n) is 30.8. The van der Waals surface area contributed by atoms with Crippen molar-refractivity contribution < 1.29 is 75.7 Å². The van der Waals surface area contributed by atoms with E-state index in [2.05, 4.69) is 42.5 Å². The van der Waals surface area contributed by atoms with Gasteiger partial charge in [-0.05, 0) is 0 Å². The van der Waals surface area contributed by atoms with E-state index in [0.29, 0.717) is 12.3 Å². The number of allylic oxidation sites excluding steroid dienone is 8. The van der Waals surface area contributed by atoms with Crippen LogP contribution in [0.2, 0.25) is 0 Å². The maximum atomic E-state index is 12.9. The topological polar surface area (TPSA) is 347 Å². The number of aromatic nitrogens is 4. The number of amides is 2. The molecule has 0 saturated carbocycles. The normalized spacial score (nSPS) is 23.7. The van der Waals surface area contributed by atoms with Gasteiger partial charge in [0.1, 0.15) is 36.1 Å². The second kappa shape index (κ2) is 18.6. The number of nitrogen functional groups attached to an aromatic ring is 1. The van der Waals surface area contributed by atoms with Gasteiger partial charge in [0.25, 0.3) is 0 Å². The summed E-state index contributed by atoms with van der Waals surface area (Å²) in [6, 6.07) is 0. The highest BCUT2D eigenvalue weighted by Crippen LogP contribution is 2.61. The van der Waals surface area contributed by atoms with Crippen LogP contribution in [-0.2, 0) is 45.9 Å². The zero-order valence-corrected chi connectivity index (χ0v) is 34.4. The van der Waals surface area contributed by atoms with Crippen molar-refractivity contribution in [2.75, 3.05) is 37.8 Å². The van der Waals surface area contributed by atoms with E-state index in [4.69, 9.17) is 24.0 Å². The zero-order chi connectivity index (χ0) is 42.6. The summed E-state index contributed by atoms with van der Waals surface area (Å²) in [5, 5.41) is 26.9. The van der Waals surface area contributed by atoms with E-state index in [1.807, 2.05) is 0 Å². The molecule has 0 radical (unpaired) electrons. The average molecular weight is 896 g/mol. The summed E-state index contributed by atoms with van der Waals surface area (Å²) in [5.41, 5.74) is 4.87. The van der Waals surface area contributed by atoms with Crippen molar-refractivity contribution in [2.24, 2.45) is 5.41 Å². The van der Waals surface area contributed by atoms with Crippen LogP contribution in [0.25, 0.3) is 11.2 Å². The number of phosphoric ester groups is 3.